The molecule has 1 aromatic carbocycles. The molecule has 0 unspecified atom stereocenters. The number of benzene rings is 1. The number of carbonyl (C=O) groups is 1. The highest BCUT2D eigenvalue weighted by Gasteiger charge is 2.14. The highest BCUT2D eigenvalue weighted by atomic mass is 35.5. The molecule has 118 valence electrons. The molecule has 1 N–H and O–H groups in total. The van der Waals surface area contributed by atoms with Gasteiger partial charge in [0.1, 0.15) is 12.7 Å². The highest BCUT2D eigenvalue weighted by Crippen LogP contribution is 2.28. The van der Waals surface area contributed by atoms with Gasteiger partial charge in [0, 0.05) is 18.5 Å². The maximum Gasteiger partial charge on any atom is 0.246 e. The first-order chi connectivity index (χ1) is 10.7. The predicted molar refractivity (Wildman–Crippen MR) is 88.2 cm³/mol. The maximum absolute atomic E-state index is 11.8. The van der Waals surface area contributed by atoms with Gasteiger partial charge in [0.05, 0.1) is 10.9 Å². The molecule has 0 saturated heterocycles. The van der Waals surface area contributed by atoms with Crippen LogP contribution in [0.1, 0.15) is 16.5 Å². The van der Waals surface area contributed by atoms with Crippen LogP contribution in [0, 0.1) is 0 Å². The van der Waals surface area contributed by atoms with Crippen molar-refractivity contribution in [1.82, 2.24) is 5.32 Å². The minimum Gasteiger partial charge on any atom is -0.374 e. The zero-order valence-corrected chi connectivity index (χ0v) is 13.8. The van der Waals surface area contributed by atoms with E-state index in [1.54, 1.807) is 7.11 Å². The van der Waals surface area contributed by atoms with Gasteiger partial charge >= 0.3 is 0 Å². The summed E-state index contributed by atoms with van der Waals surface area (Å²) in [5, 5.41) is 2.80. The van der Waals surface area contributed by atoms with Crippen LogP contribution in [0.5, 0.6) is 0 Å². The van der Waals surface area contributed by atoms with E-state index in [-0.39, 0.29) is 18.6 Å². The van der Waals surface area contributed by atoms with E-state index < -0.39 is 0 Å². The number of hydrogen-bond acceptors (Lipinski definition) is 4. The van der Waals surface area contributed by atoms with Gasteiger partial charge in [0.2, 0.25) is 5.91 Å². The van der Waals surface area contributed by atoms with Crippen LogP contribution >= 0.6 is 22.9 Å². The summed E-state index contributed by atoms with van der Waals surface area (Å²) in [5.41, 5.74) is 1.04. The predicted octanol–water partition coefficient (Wildman–Crippen LogP) is 3.42. The number of thiophene rings is 1. The number of hydrogen-bond donors (Lipinski definition) is 1. The van der Waals surface area contributed by atoms with Crippen molar-refractivity contribution < 1.29 is 14.3 Å². The van der Waals surface area contributed by atoms with Gasteiger partial charge in [-0.15, -0.1) is 11.3 Å². The second-order valence-corrected chi connectivity index (χ2v) is 6.40. The smallest absolute Gasteiger partial charge is 0.246 e. The fraction of sp³-hybridized carbons (Fsp3) is 0.312. The van der Waals surface area contributed by atoms with Crippen LogP contribution in [-0.2, 0) is 20.9 Å². The Hall–Kier alpha value is -1.40. The molecule has 0 fully saturated rings. The topological polar surface area (TPSA) is 47.6 Å². The molecule has 2 rings (SSSR count). The van der Waals surface area contributed by atoms with Gasteiger partial charge in [-0.25, -0.2) is 0 Å². The largest absolute Gasteiger partial charge is 0.374 e. The van der Waals surface area contributed by atoms with Crippen LogP contribution in [0.3, 0.4) is 0 Å². The summed E-state index contributed by atoms with van der Waals surface area (Å²) >= 11 is 7.35. The van der Waals surface area contributed by atoms with Gasteiger partial charge in [-0.2, -0.15) is 0 Å². The normalized spacial score (nSPS) is 12.1. The Kier molecular flexibility index (Phi) is 6.86. The van der Waals surface area contributed by atoms with Gasteiger partial charge in [-0.05, 0) is 17.7 Å². The van der Waals surface area contributed by atoms with Crippen LogP contribution in [-0.4, -0.2) is 26.2 Å². The standard InChI is InChI=1S/C16H18ClNO3S/c1-20-13(14-7-8-15(17)22-14)9-18-16(19)11-21-10-12-5-3-2-4-6-12/h2-8,13H,9-11H2,1H3,(H,18,19)/t13-/m1/s1. The molecule has 1 amide bonds. The third-order valence-electron chi connectivity index (χ3n) is 3.03. The number of amides is 1. The Balaban J connectivity index is 1.70. The van der Waals surface area contributed by atoms with Crippen LogP contribution in [0.25, 0.3) is 0 Å². The quantitative estimate of drug-likeness (QED) is 0.801. The van der Waals surface area contributed by atoms with Crippen molar-refractivity contribution in [1.29, 1.82) is 0 Å². The average Bonchev–Trinajstić information content (AvgIpc) is 2.95. The van der Waals surface area contributed by atoms with E-state index in [9.17, 15) is 4.79 Å². The highest BCUT2D eigenvalue weighted by molar-refractivity contribution is 7.16. The number of nitrogens with one attached hydrogen (secondary N) is 1. The third kappa shape index (κ3) is 5.42. The Bertz CT molecular complexity index is 588. The summed E-state index contributed by atoms with van der Waals surface area (Å²) in [5.74, 6) is -0.166. The second kappa shape index (κ2) is 8.90. The molecule has 6 heteroatoms. The van der Waals surface area contributed by atoms with Crippen molar-refractivity contribution in [2.24, 2.45) is 0 Å². The van der Waals surface area contributed by atoms with Gasteiger partial charge < -0.3 is 14.8 Å². The molecule has 4 nitrogen and oxygen atoms in total. The minimum absolute atomic E-state index is 0.0243. The number of halogens is 1. The molecule has 0 radical (unpaired) electrons. The lowest BCUT2D eigenvalue weighted by Crippen LogP contribution is -2.31. The number of methoxy groups -OCH3 is 1. The lowest BCUT2D eigenvalue weighted by atomic mass is 10.2. The molecule has 0 bridgehead atoms. The summed E-state index contributed by atoms with van der Waals surface area (Å²) in [7, 11) is 1.61. The van der Waals surface area contributed by atoms with Gasteiger partial charge in [0.15, 0.2) is 0 Å². The SMILES string of the molecule is CO[C@H](CNC(=O)COCc1ccccc1)c1ccc(Cl)s1. The van der Waals surface area contributed by atoms with Gasteiger partial charge in [-0.1, -0.05) is 41.9 Å². The Morgan fingerprint density at radius 2 is 2.05 bits per heavy atom. The number of ether oxygens (including phenoxy) is 2. The zero-order valence-electron chi connectivity index (χ0n) is 12.3. The van der Waals surface area contributed by atoms with Crippen molar-refractivity contribution in [3.63, 3.8) is 0 Å². The summed E-state index contributed by atoms with van der Waals surface area (Å²) in [6, 6.07) is 13.5. The first-order valence-corrected chi connectivity index (χ1v) is 8.05. The number of carbonyl (C=O) groups excluding carboxylic acids is 1. The monoisotopic (exact) mass is 339 g/mol. The van der Waals surface area contributed by atoms with Crippen LogP contribution in [0.15, 0.2) is 42.5 Å². The van der Waals surface area contributed by atoms with E-state index in [0.29, 0.717) is 17.5 Å². The molecule has 0 spiro atoms. The van der Waals surface area contributed by atoms with E-state index in [1.807, 2.05) is 42.5 Å². The van der Waals surface area contributed by atoms with Gasteiger partial charge in [0.25, 0.3) is 0 Å². The minimum atomic E-state index is -0.199. The van der Waals surface area contributed by atoms with E-state index in [0.717, 1.165) is 10.4 Å². The fourth-order valence-corrected chi connectivity index (χ4v) is 3.03. The maximum atomic E-state index is 11.8. The molecular formula is C16H18ClNO3S. The molecule has 0 saturated carbocycles. The lowest BCUT2D eigenvalue weighted by Gasteiger charge is -2.14. The average molecular weight is 340 g/mol. The second-order valence-electron chi connectivity index (χ2n) is 4.65. The van der Waals surface area contributed by atoms with E-state index >= 15 is 0 Å². The third-order valence-corrected chi connectivity index (χ3v) is 4.35. The first-order valence-electron chi connectivity index (χ1n) is 6.85. The Labute approximate surface area is 139 Å². The molecule has 1 aromatic heterocycles. The van der Waals surface area contributed by atoms with Crippen LogP contribution in [0.2, 0.25) is 4.34 Å². The molecule has 0 aliphatic rings. The van der Waals surface area contributed by atoms with E-state index in [4.69, 9.17) is 21.1 Å². The van der Waals surface area contributed by atoms with Crippen molar-refractivity contribution >= 4 is 28.8 Å². The molecule has 0 aliphatic carbocycles. The summed E-state index contributed by atoms with van der Waals surface area (Å²) < 4.78 is 11.5. The number of rotatable bonds is 8. The Morgan fingerprint density at radius 3 is 2.68 bits per heavy atom. The summed E-state index contributed by atoms with van der Waals surface area (Å²) in [6.07, 6.45) is -0.199. The van der Waals surface area contributed by atoms with Crippen LogP contribution in [0.4, 0.5) is 0 Å². The van der Waals surface area contributed by atoms with Crippen molar-refractivity contribution in [2.75, 3.05) is 20.3 Å². The Morgan fingerprint density at radius 1 is 1.27 bits per heavy atom. The molecular weight excluding hydrogens is 322 g/mol. The molecule has 1 heterocycles. The summed E-state index contributed by atoms with van der Waals surface area (Å²) in [6.45, 7) is 0.833. The van der Waals surface area contributed by atoms with E-state index in [2.05, 4.69) is 5.32 Å². The van der Waals surface area contributed by atoms with Crippen molar-refractivity contribution in [3.05, 3.63) is 57.2 Å². The van der Waals surface area contributed by atoms with Crippen molar-refractivity contribution in [3.8, 4) is 0 Å². The molecule has 2 aromatic rings. The van der Waals surface area contributed by atoms with E-state index in [1.165, 1.54) is 11.3 Å². The molecule has 22 heavy (non-hydrogen) atoms. The first kappa shape index (κ1) is 17.0. The lowest BCUT2D eigenvalue weighted by molar-refractivity contribution is -0.126. The molecule has 1 atom stereocenters. The summed E-state index contributed by atoms with van der Waals surface area (Å²) in [4.78, 5) is 12.8. The fourth-order valence-electron chi connectivity index (χ4n) is 1.89. The van der Waals surface area contributed by atoms with Gasteiger partial charge in [-0.3, -0.25) is 4.79 Å². The zero-order chi connectivity index (χ0) is 15.8. The molecule has 0 aliphatic heterocycles. The van der Waals surface area contributed by atoms with Crippen LogP contribution < -0.4 is 5.32 Å². The van der Waals surface area contributed by atoms with Crippen molar-refractivity contribution in [2.45, 2.75) is 12.7 Å².